The molecule has 10 heteroatoms. The first-order chi connectivity index (χ1) is 12.2. The minimum atomic E-state index is -0.780. The van der Waals surface area contributed by atoms with Gasteiger partial charge in [0.2, 0.25) is 17.8 Å². The van der Waals surface area contributed by atoms with Crippen LogP contribution in [0.25, 0.3) is 0 Å². The van der Waals surface area contributed by atoms with Crippen molar-refractivity contribution in [3.05, 3.63) is 30.4 Å². The lowest BCUT2D eigenvalue weighted by atomic mass is 10.1. The number of carbonyl (C=O) groups is 2. The molecule has 0 radical (unpaired) electrons. The van der Waals surface area contributed by atoms with E-state index >= 15 is 0 Å². The molecule has 2 N–H and O–H groups in total. The van der Waals surface area contributed by atoms with E-state index in [2.05, 4.69) is 25.7 Å². The van der Waals surface area contributed by atoms with Crippen LogP contribution in [0, 0.1) is 0 Å². The highest BCUT2D eigenvalue weighted by Crippen LogP contribution is 2.24. The van der Waals surface area contributed by atoms with Gasteiger partial charge in [-0.15, -0.1) is 0 Å². The molecule has 1 aliphatic heterocycles. The second-order valence-corrected chi connectivity index (χ2v) is 5.33. The summed E-state index contributed by atoms with van der Waals surface area (Å²) in [5.41, 5.74) is 0.593. The van der Waals surface area contributed by atoms with E-state index in [1.54, 1.807) is 31.6 Å². The van der Waals surface area contributed by atoms with Crippen molar-refractivity contribution in [2.45, 2.75) is 19.1 Å². The van der Waals surface area contributed by atoms with E-state index in [1.807, 2.05) is 0 Å². The molecule has 3 rings (SSSR count). The smallest absolute Gasteiger partial charge is 0.249 e. The number of ether oxygens (including phenoxy) is 2. The first-order valence-corrected chi connectivity index (χ1v) is 7.70. The van der Waals surface area contributed by atoms with Crippen LogP contribution < -0.4 is 10.6 Å². The molecular weight excluding hydrogens is 328 g/mol. The Labute approximate surface area is 143 Å². The first-order valence-electron chi connectivity index (χ1n) is 7.70. The molecular formula is C15H18N6O4. The Kier molecular flexibility index (Phi) is 5.31. The van der Waals surface area contributed by atoms with Crippen LogP contribution >= 0.6 is 0 Å². The van der Waals surface area contributed by atoms with Crippen LogP contribution in [0.3, 0.4) is 0 Å². The second kappa shape index (κ2) is 7.81. The van der Waals surface area contributed by atoms with E-state index in [1.165, 1.54) is 4.68 Å². The van der Waals surface area contributed by atoms with Crippen molar-refractivity contribution in [3.63, 3.8) is 0 Å². The number of aromatic nitrogens is 4. The zero-order chi connectivity index (χ0) is 17.6. The monoisotopic (exact) mass is 346 g/mol. The van der Waals surface area contributed by atoms with E-state index < -0.39 is 6.04 Å². The molecule has 10 nitrogen and oxygen atoms in total. The van der Waals surface area contributed by atoms with Crippen LogP contribution in [0.1, 0.15) is 18.3 Å². The van der Waals surface area contributed by atoms with Gasteiger partial charge in [0.05, 0.1) is 19.6 Å². The summed E-state index contributed by atoms with van der Waals surface area (Å²) < 4.78 is 11.7. The van der Waals surface area contributed by atoms with Crippen LogP contribution in [-0.4, -0.2) is 51.9 Å². The van der Waals surface area contributed by atoms with Crippen LogP contribution in [0.5, 0.6) is 0 Å². The summed E-state index contributed by atoms with van der Waals surface area (Å²) in [5.74, 6) is -0.0211. The number of nitrogens with one attached hydrogen (secondary N) is 2. The number of fused-ring (bicyclic) bond motifs is 1. The van der Waals surface area contributed by atoms with E-state index in [0.29, 0.717) is 24.7 Å². The van der Waals surface area contributed by atoms with Crippen molar-refractivity contribution in [2.24, 2.45) is 0 Å². The molecule has 0 saturated heterocycles. The van der Waals surface area contributed by atoms with Crippen molar-refractivity contribution >= 4 is 23.5 Å². The SMILES string of the molecule is COCCOCc1nc2n(n1)C(C(=O)Nc1ccncc1)CC(=O)N2. The van der Waals surface area contributed by atoms with Gasteiger partial charge in [-0.3, -0.25) is 19.9 Å². The average Bonchev–Trinajstić information content (AvgIpc) is 3.01. The Bertz CT molecular complexity index is 748. The number of rotatable bonds is 7. The number of nitrogens with zero attached hydrogens (tertiary/aromatic N) is 4. The molecule has 0 aliphatic carbocycles. The highest BCUT2D eigenvalue weighted by Gasteiger charge is 2.33. The molecule has 2 aromatic heterocycles. The predicted octanol–water partition coefficient (Wildman–Crippen LogP) is 0.358. The highest BCUT2D eigenvalue weighted by atomic mass is 16.5. The van der Waals surface area contributed by atoms with E-state index in [4.69, 9.17) is 9.47 Å². The molecule has 2 amide bonds. The largest absolute Gasteiger partial charge is 0.382 e. The van der Waals surface area contributed by atoms with Crippen LogP contribution in [-0.2, 0) is 25.7 Å². The summed E-state index contributed by atoms with van der Waals surface area (Å²) in [6, 6.07) is 2.55. The van der Waals surface area contributed by atoms with Gasteiger partial charge in [0.25, 0.3) is 0 Å². The van der Waals surface area contributed by atoms with Gasteiger partial charge in [-0.05, 0) is 12.1 Å². The lowest BCUT2D eigenvalue weighted by molar-refractivity contribution is -0.125. The lowest BCUT2D eigenvalue weighted by Crippen LogP contribution is -2.36. The van der Waals surface area contributed by atoms with Gasteiger partial charge in [-0.1, -0.05) is 0 Å². The summed E-state index contributed by atoms with van der Waals surface area (Å²) in [4.78, 5) is 32.5. The topological polar surface area (TPSA) is 120 Å². The van der Waals surface area contributed by atoms with Crippen LogP contribution in [0.2, 0.25) is 0 Å². The van der Waals surface area contributed by atoms with Gasteiger partial charge in [0.15, 0.2) is 5.82 Å². The number of carbonyl (C=O) groups excluding carboxylic acids is 2. The van der Waals surface area contributed by atoms with Crippen molar-refractivity contribution in [1.82, 2.24) is 19.7 Å². The summed E-state index contributed by atoms with van der Waals surface area (Å²) in [5, 5.41) is 9.64. The Morgan fingerprint density at radius 3 is 2.96 bits per heavy atom. The normalized spacial score (nSPS) is 16.2. The summed E-state index contributed by atoms with van der Waals surface area (Å²) in [6.45, 7) is 1.03. The fourth-order valence-electron chi connectivity index (χ4n) is 2.34. The maximum Gasteiger partial charge on any atom is 0.249 e. The molecule has 25 heavy (non-hydrogen) atoms. The average molecular weight is 346 g/mol. The van der Waals surface area contributed by atoms with Crippen molar-refractivity contribution in [1.29, 1.82) is 0 Å². The fourth-order valence-corrected chi connectivity index (χ4v) is 2.34. The predicted molar refractivity (Wildman–Crippen MR) is 86.7 cm³/mol. The van der Waals surface area contributed by atoms with E-state index in [0.717, 1.165) is 0 Å². The third-order valence-electron chi connectivity index (χ3n) is 3.51. The molecule has 0 bridgehead atoms. The quantitative estimate of drug-likeness (QED) is 0.694. The number of hydrogen-bond donors (Lipinski definition) is 2. The maximum atomic E-state index is 12.5. The maximum absolute atomic E-state index is 12.5. The molecule has 0 spiro atoms. The summed E-state index contributed by atoms with van der Waals surface area (Å²) in [6.07, 6.45) is 3.12. The third-order valence-corrected chi connectivity index (χ3v) is 3.51. The molecule has 0 saturated carbocycles. The zero-order valence-electron chi connectivity index (χ0n) is 13.6. The van der Waals surface area contributed by atoms with Crippen molar-refractivity contribution < 1.29 is 19.1 Å². The fraction of sp³-hybridized carbons (Fsp3) is 0.400. The van der Waals surface area contributed by atoms with Crippen molar-refractivity contribution in [2.75, 3.05) is 31.0 Å². The molecule has 1 aliphatic rings. The number of pyridine rings is 1. The van der Waals surface area contributed by atoms with Gasteiger partial charge in [-0.2, -0.15) is 10.1 Å². The Morgan fingerprint density at radius 2 is 2.20 bits per heavy atom. The molecule has 0 aromatic carbocycles. The lowest BCUT2D eigenvalue weighted by Gasteiger charge is -2.22. The van der Waals surface area contributed by atoms with E-state index in [-0.39, 0.29) is 30.8 Å². The van der Waals surface area contributed by atoms with Gasteiger partial charge in [0.1, 0.15) is 12.6 Å². The van der Waals surface area contributed by atoms with E-state index in [9.17, 15) is 9.59 Å². The summed E-state index contributed by atoms with van der Waals surface area (Å²) in [7, 11) is 1.58. The molecule has 2 aromatic rings. The second-order valence-electron chi connectivity index (χ2n) is 5.33. The minimum Gasteiger partial charge on any atom is -0.382 e. The number of amides is 2. The number of anilines is 2. The summed E-state index contributed by atoms with van der Waals surface area (Å²) >= 11 is 0. The van der Waals surface area contributed by atoms with Crippen LogP contribution in [0.4, 0.5) is 11.6 Å². The van der Waals surface area contributed by atoms with Gasteiger partial charge in [0, 0.05) is 25.2 Å². The van der Waals surface area contributed by atoms with Crippen LogP contribution in [0.15, 0.2) is 24.5 Å². The zero-order valence-corrected chi connectivity index (χ0v) is 13.6. The number of methoxy groups -OCH3 is 1. The van der Waals surface area contributed by atoms with Crippen molar-refractivity contribution in [3.8, 4) is 0 Å². The molecule has 1 unspecified atom stereocenters. The Morgan fingerprint density at radius 1 is 1.40 bits per heavy atom. The highest BCUT2D eigenvalue weighted by molar-refractivity contribution is 6.00. The standard InChI is InChI=1S/C15H18N6O4/c1-24-6-7-25-9-12-18-15-19-13(22)8-11(21(15)20-12)14(23)17-10-2-4-16-5-3-10/h2-5,11H,6-9H2,1H3,(H,16,17,23)(H,18,19,20,22). The minimum absolute atomic E-state index is 0.0166. The third kappa shape index (κ3) is 4.17. The Hall–Kier alpha value is -2.85. The molecule has 1 atom stereocenters. The molecule has 0 fully saturated rings. The van der Waals surface area contributed by atoms with Gasteiger partial charge in [-0.25, -0.2) is 4.68 Å². The van der Waals surface area contributed by atoms with Gasteiger partial charge >= 0.3 is 0 Å². The first kappa shape index (κ1) is 17.0. The molecule has 132 valence electrons. The Balaban J connectivity index is 1.72. The van der Waals surface area contributed by atoms with Gasteiger partial charge < -0.3 is 14.8 Å². The number of hydrogen-bond acceptors (Lipinski definition) is 7. The molecule has 3 heterocycles.